The van der Waals surface area contributed by atoms with Crippen molar-refractivity contribution in [3.8, 4) is 27.9 Å². The van der Waals surface area contributed by atoms with Crippen molar-refractivity contribution in [2.24, 2.45) is 0 Å². The molecule has 0 N–H and O–H groups in total. The number of benzene rings is 6. The number of rotatable bonds is 3. The van der Waals surface area contributed by atoms with Gasteiger partial charge in [0, 0.05) is 21.4 Å². The Balaban J connectivity index is 1.52. The molecule has 0 unspecified atom stereocenters. The van der Waals surface area contributed by atoms with Crippen LogP contribution in [-0.4, -0.2) is 4.57 Å². The molecule has 0 aliphatic carbocycles. The summed E-state index contributed by atoms with van der Waals surface area (Å²) in [5.41, 5.74) is 8.17. The minimum atomic E-state index is 0.733. The van der Waals surface area contributed by atoms with E-state index < -0.39 is 0 Å². The Morgan fingerprint density at radius 2 is 1.08 bits per heavy atom. The largest absolute Gasteiger partial charge is 0.309 e. The second-order valence-electron chi connectivity index (χ2n) is 9.14. The number of para-hydroxylation sites is 3. The Labute approximate surface area is 214 Å². The van der Waals surface area contributed by atoms with Crippen molar-refractivity contribution in [1.29, 1.82) is 0 Å². The number of halogens is 1. The van der Waals surface area contributed by atoms with Crippen LogP contribution in [-0.2, 0) is 0 Å². The van der Waals surface area contributed by atoms with Crippen LogP contribution in [0.1, 0.15) is 0 Å². The van der Waals surface area contributed by atoms with Crippen molar-refractivity contribution in [3.05, 3.63) is 138 Å². The van der Waals surface area contributed by atoms with E-state index in [0.717, 1.165) is 27.4 Å². The molecule has 2 heteroatoms. The lowest BCUT2D eigenvalue weighted by Gasteiger charge is -2.17. The SMILES string of the molecule is Clc1ccc(-c2ccccc2-n2c3ccccc3c3ccccc32)c(-c2ccc3ccccc3c2)c1. The van der Waals surface area contributed by atoms with Crippen LogP contribution in [0.4, 0.5) is 0 Å². The molecule has 1 heterocycles. The quantitative estimate of drug-likeness (QED) is 0.237. The van der Waals surface area contributed by atoms with Gasteiger partial charge >= 0.3 is 0 Å². The van der Waals surface area contributed by atoms with Crippen molar-refractivity contribution in [3.63, 3.8) is 0 Å². The van der Waals surface area contributed by atoms with Gasteiger partial charge in [-0.15, -0.1) is 0 Å². The third-order valence-corrected chi connectivity index (χ3v) is 7.29. The molecule has 0 saturated carbocycles. The summed E-state index contributed by atoms with van der Waals surface area (Å²) in [4.78, 5) is 0. The Morgan fingerprint density at radius 3 is 1.86 bits per heavy atom. The van der Waals surface area contributed by atoms with Crippen molar-refractivity contribution in [2.75, 3.05) is 0 Å². The third-order valence-electron chi connectivity index (χ3n) is 7.06. The summed E-state index contributed by atoms with van der Waals surface area (Å²) in [7, 11) is 0. The van der Waals surface area contributed by atoms with E-state index in [1.54, 1.807) is 0 Å². The predicted octanol–water partition coefficient (Wildman–Crippen LogP) is 9.92. The van der Waals surface area contributed by atoms with Gasteiger partial charge in [-0.3, -0.25) is 0 Å². The lowest BCUT2D eigenvalue weighted by Crippen LogP contribution is -1.98. The summed E-state index contributed by atoms with van der Waals surface area (Å²) in [5, 5.41) is 5.70. The molecule has 1 aromatic heterocycles. The monoisotopic (exact) mass is 479 g/mol. The topological polar surface area (TPSA) is 4.93 Å². The highest BCUT2D eigenvalue weighted by molar-refractivity contribution is 6.31. The fraction of sp³-hybridized carbons (Fsp3) is 0. The fourth-order valence-corrected chi connectivity index (χ4v) is 5.60. The van der Waals surface area contributed by atoms with Crippen LogP contribution >= 0.6 is 11.6 Å². The van der Waals surface area contributed by atoms with Gasteiger partial charge in [0.05, 0.1) is 16.7 Å². The van der Waals surface area contributed by atoms with Gasteiger partial charge in [0.25, 0.3) is 0 Å². The lowest BCUT2D eigenvalue weighted by atomic mass is 9.92. The molecular formula is C34H22ClN. The standard InChI is InChI=1S/C34H22ClN/c35-26-19-20-27(31(22-26)25-18-17-23-9-1-2-10-24(23)21-25)28-11-3-6-14-32(28)36-33-15-7-4-12-29(33)30-13-5-8-16-34(30)36/h1-22H. The highest BCUT2D eigenvalue weighted by Gasteiger charge is 2.17. The summed E-state index contributed by atoms with van der Waals surface area (Å²) < 4.78 is 2.39. The molecule has 0 atom stereocenters. The molecule has 7 rings (SSSR count). The van der Waals surface area contributed by atoms with Gasteiger partial charge in [-0.2, -0.15) is 0 Å². The molecule has 0 amide bonds. The molecule has 0 aliphatic heterocycles. The van der Waals surface area contributed by atoms with E-state index in [2.05, 4.69) is 132 Å². The average molecular weight is 480 g/mol. The van der Waals surface area contributed by atoms with E-state index in [1.165, 1.54) is 38.1 Å². The first-order valence-electron chi connectivity index (χ1n) is 12.1. The van der Waals surface area contributed by atoms with E-state index in [1.807, 2.05) is 6.07 Å². The van der Waals surface area contributed by atoms with Crippen molar-refractivity contribution in [2.45, 2.75) is 0 Å². The Morgan fingerprint density at radius 1 is 0.444 bits per heavy atom. The number of hydrogen-bond acceptors (Lipinski definition) is 0. The fourth-order valence-electron chi connectivity index (χ4n) is 5.43. The highest BCUT2D eigenvalue weighted by Crippen LogP contribution is 2.40. The highest BCUT2D eigenvalue weighted by atomic mass is 35.5. The molecule has 0 spiro atoms. The maximum absolute atomic E-state index is 6.56. The molecule has 1 nitrogen and oxygen atoms in total. The number of aromatic nitrogens is 1. The average Bonchev–Trinajstić information content (AvgIpc) is 3.27. The van der Waals surface area contributed by atoms with Gasteiger partial charge in [0.15, 0.2) is 0 Å². The smallest absolute Gasteiger partial charge is 0.0541 e. The maximum atomic E-state index is 6.56. The molecule has 0 radical (unpaired) electrons. The first kappa shape index (κ1) is 21.0. The number of nitrogens with zero attached hydrogens (tertiary/aromatic N) is 1. The van der Waals surface area contributed by atoms with Crippen LogP contribution in [0.2, 0.25) is 5.02 Å². The van der Waals surface area contributed by atoms with E-state index in [4.69, 9.17) is 11.6 Å². The normalized spacial score (nSPS) is 11.5. The maximum Gasteiger partial charge on any atom is 0.0541 e. The molecule has 0 aliphatic rings. The van der Waals surface area contributed by atoms with Crippen LogP contribution in [0.25, 0.3) is 60.5 Å². The lowest BCUT2D eigenvalue weighted by molar-refractivity contribution is 1.18. The molecule has 36 heavy (non-hydrogen) atoms. The Bertz CT molecular complexity index is 1860. The van der Waals surface area contributed by atoms with Gasteiger partial charge in [0.1, 0.15) is 0 Å². The third kappa shape index (κ3) is 3.32. The molecule has 7 aromatic rings. The summed E-state index contributed by atoms with van der Waals surface area (Å²) in [6, 6.07) is 47.3. The molecule has 0 fully saturated rings. The number of hydrogen-bond donors (Lipinski definition) is 0. The van der Waals surface area contributed by atoms with Gasteiger partial charge in [-0.25, -0.2) is 0 Å². The second-order valence-corrected chi connectivity index (χ2v) is 9.58. The van der Waals surface area contributed by atoms with Crippen LogP contribution < -0.4 is 0 Å². The van der Waals surface area contributed by atoms with Crippen LogP contribution in [0.15, 0.2) is 133 Å². The van der Waals surface area contributed by atoms with E-state index in [9.17, 15) is 0 Å². The predicted molar refractivity (Wildman–Crippen MR) is 154 cm³/mol. The number of fused-ring (bicyclic) bond motifs is 4. The second kappa shape index (κ2) is 8.41. The first-order chi connectivity index (χ1) is 17.8. The Hall–Kier alpha value is -4.33. The molecule has 170 valence electrons. The van der Waals surface area contributed by atoms with E-state index in [-0.39, 0.29) is 0 Å². The van der Waals surface area contributed by atoms with Gasteiger partial charge in [-0.1, -0.05) is 109 Å². The summed E-state index contributed by atoms with van der Waals surface area (Å²) in [5.74, 6) is 0. The first-order valence-corrected chi connectivity index (χ1v) is 12.5. The molecule has 0 bridgehead atoms. The zero-order valence-electron chi connectivity index (χ0n) is 19.5. The van der Waals surface area contributed by atoms with Crippen molar-refractivity contribution >= 4 is 44.2 Å². The van der Waals surface area contributed by atoms with E-state index >= 15 is 0 Å². The van der Waals surface area contributed by atoms with Crippen molar-refractivity contribution < 1.29 is 0 Å². The molecular weight excluding hydrogens is 458 g/mol. The van der Waals surface area contributed by atoms with Crippen LogP contribution in [0, 0.1) is 0 Å². The molecule has 6 aromatic carbocycles. The van der Waals surface area contributed by atoms with Crippen LogP contribution in [0.3, 0.4) is 0 Å². The summed E-state index contributed by atoms with van der Waals surface area (Å²) >= 11 is 6.56. The van der Waals surface area contributed by atoms with Gasteiger partial charge < -0.3 is 4.57 Å². The summed E-state index contributed by atoms with van der Waals surface area (Å²) in [6.45, 7) is 0. The van der Waals surface area contributed by atoms with Gasteiger partial charge in [-0.05, 0) is 63.9 Å². The zero-order chi connectivity index (χ0) is 24.1. The minimum Gasteiger partial charge on any atom is -0.309 e. The molecule has 0 saturated heterocycles. The van der Waals surface area contributed by atoms with Crippen LogP contribution in [0.5, 0.6) is 0 Å². The zero-order valence-corrected chi connectivity index (χ0v) is 20.3. The summed E-state index contributed by atoms with van der Waals surface area (Å²) in [6.07, 6.45) is 0. The minimum absolute atomic E-state index is 0.733. The van der Waals surface area contributed by atoms with E-state index in [0.29, 0.717) is 0 Å². The Kier molecular flexibility index (Phi) is 4.90. The van der Waals surface area contributed by atoms with Crippen molar-refractivity contribution in [1.82, 2.24) is 4.57 Å². The van der Waals surface area contributed by atoms with Gasteiger partial charge in [0.2, 0.25) is 0 Å².